The zero-order valence-electron chi connectivity index (χ0n) is 16.8. The third-order valence-electron chi connectivity index (χ3n) is 6.06. The molecular formula is C22H22N4O4S. The molecule has 5 rings (SSSR count). The number of piperidine rings is 1. The fraction of sp³-hybridized carbons (Fsp3) is 0.364. The molecule has 160 valence electrons. The molecule has 2 N–H and O–H groups in total. The first-order chi connectivity index (χ1) is 15.0. The number of thiophene rings is 1. The van der Waals surface area contributed by atoms with Crippen LogP contribution in [0.5, 0.6) is 0 Å². The number of hydrogen-bond acceptors (Lipinski definition) is 7. The predicted molar refractivity (Wildman–Crippen MR) is 113 cm³/mol. The van der Waals surface area contributed by atoms with Gasteiger partial charge >= 0.3 is 0 Å². The van der Waals surface area contributed by atoms with Crippen LogP contribution in [0, 0.1) is 0 Å². The fourth-order valence-electron chi connectivity index (χ4n) is 4.51. The number of hydrogen-bond donors (Lipinski definition) is 2. The van der Waals surface area contributed by atoms with Crippen molar-refractivity contribution in [3.63, 3.8) is 0 Å². The Hall–Kier alpha value is -2.88. The Morgan fingerprint density at radius 3 is 2.68 bits per heavy atom. The van der Waals surface area contributed by atoms with Crippen molar-refractivity contribution in [3.05, 3.63) is 57.3 Å². The first-order valence-electron chi connectivity index (χ1n) is 10.3. The highest BCUT2D eigenvalue weighted by Crippen LogP contribution is 2.29. The van der Waals surface area contributed by atoms with Crippen LogP contribution in [-0.4, -0.2) is 59.1 Å². The third kappa shape index (κ3) is 3.69. The van der Waals surface area contributed by atoms with Gasteiger partial charge in [-0.15, -0.1) is 11.3 Å². The van der Waals surface area contributed by atoms with E-state index >= 15 is 0 Å². The first-order valence-corrected chi connectivity index (χ1v) is 11.2. The molecule has 2 atom stereocenters. The molecule has 8 nitrogen and oxygen atoms in total. The molecule has 2 saturated heterocycles. The van der Waals surface area contributed by atoms with Crippen LogP contribution in [0.1, 0.15) is 50.0 Å². The van der Waals surface area contributed by atoms with Crippen LogP contribution >= 0.6 is 11.3 Å². The highest BCUT2D eigenvalue weighted by molar-refractivity contribution is 7.10. The van der Waals surface area contributed by atoms with Gasteiger partial charge in [0.1, 0.15) is 6.04 Å². The van der Waals surface area contributed by atoms with Gasteiger partial charge in [0.25, 0.3) is 11.8 Å². The second-order valence-corrected chi connectivity index (χ2v) is 9.06. The minimum atomic E-state index is -0.937. The van der Waals surface area contributed by atoms with Crippen LogP contribution in [0.3, 0.4) is 0 Å². The highest BCUT2D eigenvalue weighted by Gasteiger charge is 2.44. The Labute approximate surface area is 183 Å². The van der Waals surface area contributed by atoms with Crippen molar-refractivity contribution >= 4 is 35.0 Å². The van der Waals surface area contributed by atoms with E-state index in [9.17, 15) is 19.2 Å². The molecule has 3 aliphatic rings. The number of fused-ring (bicyclic) bond motifs is 1. The maximum atomic E-state index is 13.0. The summed E-state index contributed by atoms with van der Waals surface area (Å²) >= 11 is 1.74. The summed E-state index contributed by atoms with van der Waals surface area (Å²) in [5.74, 6) is -1.91. The van der Waals surface area contributed by atoms with Crippen molar-refractivity contribution < 1.29 is 19.2 Å². The van der Waals surface area contributed by atoms with E-state index in [0.29, 0.717) is 17.7 Å². The molecule has 0 radical (unpaired) electrons. The van der Waals surface area contributed by atoms with Gasteiger partial charge in [-0.05, 0) is 35.6 Å². The Morgan fingerprint density at radius 1 is 1.06 bits per heavy atom. The molecule has 0 bridgehead atoms. The number of carbonyl (C=O) groups excluding carboxylic acids is 4. The van der Waals surface area contributed by atoms with Gasteiger partial charge in [-0.3, -0.25) is 34.3 Å². The number of nitrogens with one attached hydrogen (secondary N) is 2. The molecule has 2 aromatic rings. The maximum Gasteiger partial charge on any atom is 0.262 e. The van der Waals surface area contributed by atoms with E-state index in [4.69, 9.17) is 0 Å². The van der Waals surface area contributed by atoms with Crippen molar-refractivity contribution in [2.45, 2.75) is 31.5 Å². The van der Waals surface area contributed by atoms with E-state index < -0.39 is 23.8 Å². The van der Waals surface area contributed by atoms with Gasteiger partial charge in [0.15, 0.2) is 0 Å². The van der Waals surface area contributed by atoms with E-state index in [2.05, 4.69) is 33.0 Å². The summed E-state index contributed by atoms with van der Waals surface area (Å²) in [4.78, 5) is 54.1. The van der Waals surface area contributed by atoms with E-state index in [1.165, 1.54) is 4.88 Å². The molecule has 3 aliphatic heterocycles. The lowest BCUT2D eigenvalue weighted by Crippen LogP contribution is -2.54. The van der Waals surface area contributed by atoms with E-state index in [1.807, 2.05) is 6.07 Å². The largest absolute Gasteiger partial charge is 0.307 e. The van der Waals surface area contributed by atoms with Crippen LogP contribution < -0.4 is 10.6 Å². The molecule has 2 fully saturated rings. The lowest BCUT2D eigenvalue weighted by molar-refractivity contribution is -0.136. The third-order valence-corrected chi connectivity index (χ3v) is 7.04. The van der Waals surface area contributed by atoms with Crippen LogP contribution in [-0.2, 0) is 16.1 Å². The van der Waals surface area contributed by atoms with Gasteiger partial charge in [0, 0.05) is 37.5 Å². The minimum absolute atomic E-state index is 0.115. The zero-order chi connectivity index (χ0) is 21.5. The van der Waals surface area contributed by atoms with Crippen molar-refractivity contribution in [3.8, 4) is 0 Å². The summed E-state index contributed by atoms with van der Waals surface area (Å²) < 4.78 is 0. The number of piperazine rings is 1. The zero-order valence-corrected chi connectivity index (χ0v) is 17.6. The number of carbonyl (C=O) groups is 4. The van der Waals surface area contributed by atoms with Crippen LogP contribution in [0.25, 0.3) is 0 Å². The van der Waals surface area contributed by atoms with E-state index in [0.717, 1.165) is 30.1 Å². The van der Waals surface area contributed by atoms with Crippen molar-refractivity contribution in [2.24, 2.45) is 0 Å². The molecule has 1 aromatic heterocycles. The van der Waals surface area contributed by atoms with Crippen molar-refractivity contribution in [2.75, 3.05) is 19.6 Å². The minimum Gasteiger partial charge on any atom is -0.307 e. The topological polar surface area (TPSA) is 98.8 Å². The average molecular weight is 439 g/mol. The van der Waals surface area contributed by atoms with Crippen LogP contribution in [0.2, 0.25) is 0 Å². The summed E-state index contributed by atoms with van der Waals surface area (Å²) in [6, 6.07) is 8.86. The molecule has 0 saturated carbocycles. The standard InChI is InChI=1S/C22H22N4O4S/c27-19-6-5-17(20(28)24-19)26-21(29)14-4-3-13(10-15(14)22(26)30)11-25-8-7-23-16(12-25)18-2-1-9-31-18/h1-4,9-10,16-17,23H,5-8,11-12H2,(H,24,27,28). The average Bonchev–Trinajstić information content (AvgIpc) is 3.37. The molecule has 9 heteroatoms. The summed E-state index contributed by atoms with van der Waals surface area (Å²) in [6.07, 6.45) is 0.275. The molecule has 0 spiro atoms. The summed E-state index contributed by atoms with van der Waals surface area (Å²) in [7, 11) is 0. The number of rotatable bonds is 4. The van der Waals surface area contributed by atoms with Gasteiger partial charge in [-0.25, -0.2) is 0 Å². The second kappa shape index (κ2) is 7.99. The normalized spacial score (nSPS) is 24.5. The van der Waals surface area contributed by atoms with Crippen molar-refractivity contribution in [1.29, 1.82) is 0 Å². The van der Waals surface area contributed by atoms with Gasteiger partial charge in [-0.2, -0.15) is 0 Å². The molecule has 2 unspecified atom stereocenters. The predicted octanol–water partition coefficient (Wildman–Crippen LogP) is 1.30. The number of imide groups is 2. The number of nitrogens with zero attached hydrogens (tertiary/aromatic N) is 2. The first kappa shape index (κ1) is 20.0. The quantitative estimate of drug-likeness (QED) is 0.699. The molecule has 1 aromatic carbocycles. The fourth-order valence-corrected chi connectivity index (χ4v) is 5.30. The Kier molecular flexibility index (Phi) is 5.17. The summed E-state index contributed by atoms with van der Waals surface area (Å²) in [5.41, 5.74) is 1.60. The molecule has 4 amide bonds. The maximum absolute atomic E-state index is 13.0. The van der Waals surface area contributed by atoms with Gasteiger partial charge in [0.05, 0.1) is 17.2 Å². The van der Waals surface area contributed by atoms with Crippen LogP contribution in [0.15, 0.2) is 35.7 Å². The Bertz CT molecular complexity index is 1070. The molecule has 0 aliphatic carbocycles. The molecule has 4 heterocycles. The summed E-state index contributed by atoms with van der Waals surface area (Å²) in [6.45, 7) is 3.33. The second-order valence-electron chi connectivity index (χ2n) is 8.08. The smallest absolute Gasteiger partial charge is 0.262 e. The Balaban J connectivity index is 1.32. The monoisotopic (exact) mass is 438 g/mol. The summed E-state index contributed by atoms with van der Waals surface area (Å²) in [5, 5.41) is 7.84. The lowest BCUT2D eigenvalue weighted by Gasteiger charge is -2.33. The number of benzene rings is 1. The SMILES string of the molecule is O=C1CCC(N2C(=O)c3ccc(CN4CCNC(c5cccs5)C4)cc3C2=O)C(=O)N1. The van der Waals surface area contributed by atoms with Crippen LogP contribution in [0.4, 0.5) is 0 Å². The van der Waals surface area contributed by atoms with Gasteiger partial charge in [-0.1, -0.05) is 12.1 Å². The molecular weight excluding hydrogens is 416 g/mol. The lowest BCUT2D eigenvalue weighted by atomic mass is 10.0. The van der Waals surface area contributed by atoms with E-state index in [-0.39, 0.29) is 24.8 Å². The van der Waals surface area contributed by atoms with Crippen molar-refractivity contribution in [1.82, 2.24) is 20.4 Å². The number of amides is 4. The highest BCUT2D eigenvalue weighted by atomic mass is 32.1. The van der Waals surface area contributed by atoms with Gasteiger partial charge in [0.2, 0.25) is 11.8 Å². The van der Waals surface area contributed by atoms with Gasteiger partial charge < -0.3 is 5.32 Å². The Morgan fingerprint density at radius 2 is 1.90 bits per heavy atom. The van der Waals surface area contributed by atoms with E-state index in [1.54, 1.807) is 23.5 Å². The molecule has 31 heavy (non-hydrogen) atoms.